The monoisotopic (exact) mass is 313 g/mol. The summed E-state index contributed by atoms with van der Waals surface area (Å²) in [5.41, 5.74) is 5.59. The van der Waals surface area contributed by atoms with Gasteiger partial charge in [0.1, 0.15) is 5.75 Å². The highest BCUT2D eigenvalue weighted by Crippen LogP contribution is 2.13. The molecule has 0 unspecified atom stereocenters. The van der Waals surface area contributed by atoms with E-state index in [-0.39, 0.29) is 18.3 Å². The maximum atomic E-state index is 11.9. The molecule has 116 valence electrons. The van der Waals surface area contributed by atoms with Crippen molar-refractivity contribution < 1.29 is 14.3 Å². The Morgan fingerprint density at radius 2 is 2.00 bits per heavy atom. The lowest BCUT2D eigenvalue weighted by Gasteiger charge is -2.27. The van der Waals surface area contributed by atoms with Gasteiger partial charge in [-0.1, -0.05) is 6.07 Å². The molecule has 1 aliphatic rings. The van der Waals surface area contributed by atoms with Crippen LogP contribution >= 0.6 is 12.4 Å². The average molecular weight is 314 g/mol. The minimum Gasteiger partial charge on any atom is -0.493 e. The van der Waals surface area contributed by atoms with E-state index in [2.05, 4.69) is 5.32 Å². The number of rotatable bonds is 5. The first kappa shape index (κ1) is 17.3. The first-order valence-corrected chi connectivity index (χ1v) is 6.68. The summed E-state index contributed by atoms with van der Waals surface area (Å²) in [6.07, 6.45) is 0.334. The Bertz CT molecular complexity index is 490. The van der Waals surface area contributed by atoms with E-state index in [4.69, 9.17) is 10.5 Å². The van der Waals surface area contributed by atoms with Crippen LogP contribution in [-0.4, -0.2) is 49.5 Å². The van der Waals surface area contributed by atoms with Gasteiger partial charge in [0.05, 0.1) is 13.0 Å². The third kappa shape index (κ3) is 5.24. The van der Waals surface area contributed by atoms with Gasteiger partial charge in [-0.15, -0.1) is 12.4 Å². The van der Waals surface area contributed by atoms with E-state index < -0.39 is 5.91 Å². The lowest BCUT2D eigenvalue weighted by atomic mass is 10.2. The fraction of sp³-hybridized carbons (Fsp3) is 0.429. The van der Waals surface area contributed by atoms with Gasteiger partial charge in [0, 0.05) is 31.7 Å². The van der Waals surface area contributed by atoms with Crippen LogP contribution in [0, 0.1) is 0 Å². The molecule has 0 bridgehead atoms. The fourth-order valence-electron chi connectivity index (χ4n) is 2.07. The largest absolute Gasteiger partial charge is 0.493 e. The average Bonchev–Trinajstić information content (AvgIpc) is 2.48. The van der Waals surface area contributed by atoms with Crippen LogP contribution < -0.4 is 15.8 Å². The number of amides is 2. The topological polar surface area (TPSA) is 84.7 Å². The summed E-state index contributed by atoms with van der Waals surface area (Å²) >= 11 is 0. The highest BCUT2D eigenvalue weighted by molar-refractivity contribution is 5.93. The molecule has 0 atom stereocenters. The number of halogens is 1. The van der Waals surface area contributed by atoms with Crippen molar-refractivity contribution in [3.05, 3.63) is 29.8 Å². The first-order chi connectivity index (χ1) is 9.66. The molecule has 0 radical (unpaired) electrons. The van der Waals surface area contributed by atoms with Gasteiger partial charge in [-0.2, -0.15) is 0 Å². The molecule has 1 fully saturated rings. The minimum atomic E-state index is -0.493. The van der Waals surface area contributed by atoms with Crippen molar-refractivity contribution in [2.24, 2.45) is 5.73 Å². The van der Waals surface area contributed by atoms with Crippen LogP contribution in [0.1, 0.15) is 16.8 Å². The Morgan fingerprint density at radius 1 is 1.29 bits per heavy atom. The minimum absolute atomic E-state index is 0. The zero-order valence-electron chi connectivity index (χ0n) is 11.7. The molecule has 1 aliphatic heterocycles. The maximum Gasteiger partial charge on any atom is 0.248 e. The molecule has 1 saturated heterocycles. The van der Waals surface area contributed by atoms with Gasteiger partial charge in [0.25, 0.3) is 0 Å². The Balaban J connectivity index is 0.00000220. The number of nitrogens with one attached hydrogen (secondary N) is 1. The third-order valence-electron chi connectivity index (χ3n) is 3.17. The highest BCUT2D eigenvalue weighted by Gasteiger charge is 2.15. The quantitative estimate of drug-likeness (QED) is 0.824. The molecule has 0 aliphatic carbocycles. The van der Waals surface area contributed by atoms with E-state index in [0.29, 0.717) is 24.3 Å². The number of benzene rings is 1. The van der Waals surface area contributed by atoms with E-state index in [0.717, 1.165) is 26.2 Å². The molecule has 2 rings (SSSR count). The number of piperazine rings is 1. The van der Waals surface area contributed by atoms with Gasteiger partial charge in [0.2, 0.25) is 11.8 Å². The summed E-state index contributed by atoms with van der Waals surface area (Å²) in [5, 5.41) is 3.20. The molecule has 2 amide bonds. The number of nitrogens with two attached hydrogens (primary N) is 1. The summed E-state index contributed by atoms with van der Waals surface area (Å²) in [4.78, 5) is 24.8. The van der Waals surface area contributed by atoms with Crippen LogP contribution in [0.25, 0.3) is 0 Å². The van der Waals surface area contributed by atoms with Gasteiger partial charge in [-0.25, -0.2) is 0 Å². The zero-order chi connectivity index (χ0) is 14.4. The fourth-order valence-corrected chi connectivity index (χ4v) is 2.07. The van der Waals surface area contributed by atoms with Crippen LogP contribution in [0.4, 0.5) is 0 Å². The lowest BCUT2D eigenvalue weighted by Crippen LogP contribution is -2.46. The Hall–Kier alpha value is -1.79. The summed E-state index contributed by atoms with van der Waals surface area (Å²) in [7, 11) is 0. The van der Waals surface area contributed by atoms with E-state index in [9.17, 15) is 9.59 Å². The number of hydrogen-bond donors (Lipinski definition) is 2. The van der Waals surface area contributed by atoms with Crippen molar-refractivity contribution in [1.29, 1.82) is 0 Å². The molecule has 1 heterocycles. The molecule has 7 heteroatoms. The molecular formula is C14H20ClN3O3. The van der Waals surface area contributed by atoms with Crippen molar-refractivity contribution in [1.82, 2.24) is 10.2 Å². The second-order valence-electron chi connectivity index (χ2n) is 4.62. The summed E-state index contributed by atoms with van der Waals surface area (Å²) in [6, 6.07) is 6.65. The first-order valence-electron chi connectivity index (χ1n) is 6.68. The molecule has 0 aromatic heterocycles. The molecule has 6 nitrogen and oxygen atoms in total. The summed E-state index contributed by atoms with van der Waals surface area (Å²) in [6.45, 7) is 3.47. The molecule has 3 N–H and O–H groups in total. The molecular weight excluding hydrogens is 294 g/mol. The molecule has 1 aromatic carbocycles. The number of hydrogen-bond acceptors (Lipinski definition) is 4. The van der Waals surface area contributed by atoms with E-state index >= 15 is 0 Å². The standard InChI is InChI=1S/C14H19N3O3.ClH/c15-14(19)11-2-1-3-12(10-11)20-9-4-13(18)17-7-5-16-6-8-17;/h1-3,10,16H,4-9H2,(H2,15,19);1H. The number of primary amides is 1. The van der Waals surface area contributed by atoms with Crippen molar-refractivity contribution >= 4 is 24.2 Å². The Labute approximate surface area is 130 Å². The second-order valence-corrected chi connectivity index (χ2v) is 4.62. The van der Waals surface area contributed by atoms with Crippen LogP contribution in [-0.2, 0) is 4.79 Å². The van der Waals surface area contributed by atoms with Gasteiger partial charge in [0.15, 0.2) is 0 Å². The zero-order valence-corrected chi connectivity index (χ0v) is 12.5. The van der Waals surface area contributed by atoms with Gasteiger partial charge in [-0.3, -0.25) is 9.59 Å². The maximum absolute atomic E-state index is 11.9. The lowest BCUT2D eigenvalue weighted by molar-refractivity contribution is -0.132. The van der Waals surface area contributed by atoms with Crippen LogP contribution in [0.3, 0.4) is 0 Å². The van der Waals surface area contributed by atoms with Crippen LogP contribution in [0.2, 0.25) is 0 Å². The van der Waals surface area contributed by atoms with Crippen molar-refractivity contribution in [3.8, 4) is 5.75 Å². The highest BCUT2D eigenvalue weighted by atomic mass is 35.5. The SMILES string of the molecule is Cl.NC(=O)c1cccc(OCCC(=O)N2CCNCC2)c1. The van der Waals surface area contributed by atoms with Crippen molar-refractivity contribution in [3.63, 3.8) is 0 Å². The van der Waals surface area contributed by atoms with Crippen molar-refractivity contribution in [2.45, 2.75) is 6.42 Å². The number of nitrogens with zero attached hydrogens (tertiary/aromatic N) is 1. The predicted octanol–water partition coefficient (Wildman–Crippen LogP) is 0.408. The Kier molecular flexibility index (Phi) is 6.98. The number of carbonyl (C=O) groups is 2. The van der Waals surface area contributed by atoms with Crippen LogP contribution in [0.5, 0.6) is 5.75 Å². The van der Waals surface area contributed by atoms with Gasteiger partial charge < -0.3 is 20.7 Å². The van der Waals surface area contributed by atoms with E-state index in [1.165, 1.54) is 0 Å². The third-order valence-corrected chi connectivity index (χ3v) is 3.17. The summed E-state index contributed by atoms with van der Waals surface area (Å²) < 4.78 is 5.49. The predicted molar refractivity (Wildman–Crippen MR) is 81.8 cm³/mol. The van der Waals surface area contributed by atoms with E-state index in [1.54, 1.807) is 24.3 Å². The normalized spacial score (nSPS) is 14.2. The molecule has 0 spiro atoms. The van der Waals surface area contributed by atoms with Gasteiger partial charge in [-0.05, 0) is 18.2 Å². The van der Waals surface area contributed by atoms with Crippen LogP contribution in [0.15, 0.2) is 24.3 Å². The number of ether oxygens (including phenoxy) is 1. The van der Waals surface area contributed by atoms with Gasteiger partial charge >= 0.3 is 0 Å². The Morgan fingerprint density at radius 3 is 2.67 bits per heavy atom. The smallest absolute Gasteiger partial charge is 0.248 e. The van der Waals surface area contributed by atoms with Crippen molar-refractivity contribution in [2.75, 3.05) is 32.8 Å². The molecule has 0 saturated carbocycles. The molecule has 1 aromatic rings. The molecule has 21 heavy (non-hydrogen) atoms. The van der Waals surface area contributed by atoms with E-state index in [1.807, 2.05) is 4.90 Å². The summed E-state index contributed by atoms with van der Waals surface area (Å²) in [5.74, 6) is 0.152. The number of carbonyl (C=O) groups excluding carboxylic acids is 2. The second kappa shape index (κ2) is 8.49.